The van der Waals surface area contributed by atoms with Gasteiger partial charge in [-0.25, -0.2) is 18.7 Å². The molecular formula is C25H14BrF2N3OS. The van der Waals surface area contributed by atoms with E-state index in [4.69, 9.17) is 4.98 Å². The van der Waals surface area contributed by atoms with Gasteiger partial charge in [-0.15, -0.1) is 11.3 Å². The van der Waals surface area contributed by atoms with Crippen LogP contribution in [0.15, 0.2) is 82.6 Å². The molecule has 0 spiro atoms. The highest BCUT2D eigenvalue weighted by atomic mass is 79.9. The molecule has 0 saturated carbocycles. The van der Waals surface area contributed by atoms with Crippen LogP contribution in [0.3, 0.4) is 0 Å². The van der Waals surface area contributed by atoms with Crippen LogP contribution in [-0.4, -0.2) is 15.9 Å². The normalized spacial score (nSPS) is 11.0. The molecule has 2 aromatic heterocycles. The molecule has 0 fully saturated rings. The van der Waals surface area contributed by atoms with Gasteiger partial charge in [-0.05, 0) is 36.4 Å². The first-order valence-corrected chi connectivity index (χ1v) is 11.5. The van der Waals surface area contributed by atoms with Crippen molar-refractivity contribution in [2.24, 2.45) is 0 Å². The molecule has 5 rings (SSSR count). The summed E-state index contributed by atoms with van der Waals surface area (Å²) in [5, 5.41) is 5.43. The zero-order valence-electron chi connectivity index (χ0n) is 16.9. The SMILES string of the molecule is O=C(Nc1nc(-c2ccc(F)cc2F)cs1)c1cc(-c2ccc(Br)cc2)nc2ccccc12. The van der Waals surface area contributed by atoms with Crippen LogP contribution in [0.2, 0.25) is 0 Å². The zero-order valence-corrected chi connectivity index (χ0v) is 19.3. The molecule has 1 amide bonds. The number of nitrogens with zero attached hydrogens (tertiary/aromatic N) is 2. The van der Waals surface area contributed by atoms with Crippen molar-refractivity contribution in [2.45, 2.75) is 0 Å². The van der Waals surface area contributed by atoms with Crippen molar-refractivity contribution in [3.8, 4) is 22.5 Å². The molecule has 3 aromatic carbocycles. The summed E-state index contributed by atoms with van der Waals surface area (Å²) in [6.07, 6.45) is 0. The number of para-hydroxylation sites is 1. The van der Waals surface area contributed by atoms with Gasteiger partial charge in [0.25, 0.3) is 5.91 Å². The number of rotatable bonds is 4. The van der Waals surface area contributed by atoms with E-state index in [1.165, 1.54) is 12.1 Å². The maximum atomic E-state index is 14.1. The Morgan fingerprint density at radius 1 is 0.909 bits per heavy atom. The maximum absolute atomic E-state index is 14.1. The average Bonchev–Trinajstić information content (AvgIpc) is 3.26. The minimum atomic E-state index is -0.711. The van der Waals surface area contributed by atoms with E-state index in [1.807, 2.05) is 48.5 Å². The van der Waals surface area contributed by atoms with E-state index in [-0.39, 0.29) is 11.5 Å². The number of carbonyl (C=O) groups excluding carboxylic acids is 1. The Kier molecular flexibility index (Phi) is 5.70. The number of fused-ring (bicyclic) bond motifs is 1. The predicted octanol–water partition coefficient (Wildman–Crippen LogP) is 7.32. The Morgan fingerprint density at radius 2 is 1.70 bits per heavy atom. The van der Waals surface area contributed by atoms with Crippen molar-refractivity contribution in [3.63, 3.8) is 0 Å². The summed E-state index contributed by atoms with van der Waals surface area (Å²) in [6.45, 7) is 0. The van der Waals surface area contributed by atoms with Gasteiger partial charge in [0, 0.05) is 32.4 Å². The van der Waals surface area contributed by atoms with Crippen molar-refractivity contribution in [3.05, 3.63) is 99.8 Å². The largest absolute Gasteiger partial charge is 0.298 e. The highest BCUT2D eigenvalue weighted by Crippen LogP contribution is 2.30. The molecule has 2 heterocycles. The standard InChI is InChI=1S/C25H14BrF2N3OS/c26-15-7-5-14(6-8-15)22-12-19(17-3-1-2-4-21(17)29-22)24(32)31-25-30-23(13-33-25)18-10-9-16(27)11-20(18)28/h1-13H,(H,30,31,32). The molecule has 0 aliphatic heterocycles. The fraction of sp³-hybridized carbons (Fsp3) is 0. The van der Waals surface area contributed by atoms with Gasteiger partial charge in [0.15, 0.2) is 5.13 Å². The number of benzene rings is 3. The lowest BCUT2D eigenvalue weighted by atomic mass is 10.0. The van der Waals surface area contributed by atoms with Gasteiger partial charge in [-0.1, -0.05) is 46.3 Å². The Hall–Kier alpha value is -3.49. The molecule has 0 saturated heterocycles. The van der Waals surface area contributed by atoms with E-state index in [1.54, 1.807) is 11.4 Å². The number of halogens is 3. The second-order valence-electron chi connectivity index (χ2n) is 7.20. The lowest BCUT2D eigenvalue weighted by Crippen LogP contribution is -2.13. The van der Waals surface area contributed by atoms with Gasteiger partial charge < -0.3 is 0 Å². The van der Waals surface area contributed by atoms with Crippen LogP contribution in [-0.2, 0) is 0 Å². The van der Waals surface area contributed by atoms with Crippen LogP contribution in [0, 0.1) is 11.6 Å². The van der Waals surface area contributed by atoms with Crippen LogP contribution >= 0.6 is 27.3 Å². The fourth-order valence-corrected chi connectivity index (χ4v) is 4.42. The highest BCUT2D eigenvalue weighted by molar-refractivity contribution is 9.10. The van der Waals surface area contributed by atoms with Crippen LogP contribution in [0.4, 0.5) is 13.9 Å². The fourth-order valence-electron chi connectivity index (χ4n) is 3.45. The number of aromatic nitrogens is 2. The van der Waals surface area contributed by atoms with Gasteiger partial charge in [0.05, 0.1) is 22.5 Å². The Labute approximate surface area is 200 Å². The molecule has 8 heteroatoms. The van der Waals surface area contributed by atoms with Crippen molar-refractivity contribution < 1.29 is 13.6 Å². The van der Waals surface area contributed by atoms with Gasteiger partial charge in [-0.3, -0.25) is 10.1 Å². The maximum Gasteiger partial charge on any atom is 0.258 e. The number of pyridine rings is 1. The van der Waals surface area contributed by atoms with E-state index in [2.05, 4.69) is 26.2 Å². The third kappa shape index (κ3) is 4.40. The second-order valence-corrected chi connectivity index (χ2v) is 8.97. The van der Waals surface area contributed by atoms with Crippen molar-refractivity contribution in [1.29, 1.82) is 0 Å². The molecule has 162 valence electrons. The van der Waals surface area contributed by atoms with Crippen molar-refractivity contribution in [2.75, 3.05) is 5.32 Å². The summed E-state index contributed by atoms with van der Waals surface area (Å²) >= 11 is 4.59. The number of amides is 1. The van der Waals surface area contributed by atoms with Crippen LogP contribution in [0.25, 0.3) is 33.4 Å². The monoisotopic (exact) mass is 521 g/mol. The van der Waals surface area contributed by atoms with Crippen LogP contribution in [0.5, 0.6) is 0 Å². The minimum absolute atomic E-state index is 0.167. The summed E-state index contributed by atoms with van der Waals surface area (Å²) in [4.78, 5) is 22.2. The highest BCUT2D eigenvalue weighted by Gasteiger charge is 2.17. The van der Waals surface area contributed by atoms with Gasteiger partial charge in [0.1, 0.15) is 11.6 Å². The number of anilines is 1. The molecular weight excluding hydrogens is 508 g/mol. The first-order valence-electron chi connectivity index (χ1n) is 9.86. The third-order valence-electron chi connectivity index (χ3n) is 5.03. The molecule has 4 nitrogen and oxygen atoms in total. The van der Waals surface area contributed by atoms with Crippen molar-refractivity contribution >= 4 is 49.2 Å². The molecule has 0 aliphatic carbocycles. The van der Waals surface area contributed by atoms with Gasteiger partial charge >= 0.3 is 0 Å². The molecule has 33 heavy (non-hydrogen) atoms. The second kappa shape index (κ2) is 8.80. The number of carbonyl (C=O) groups is 1. The number of hydrogen-bond donors (Lipinski definition) is 1. The van der Waals surface area contributed by atoms with Gasteiger partial charge in [0.2, 0.25) is 0 Å². The topological polar surface area (TPSA) is 54.9 Å². The molecule has 0 aliphatic rings. The predicted molar refractivity (Wildman–Crippen MR) is 130 cm³/mol. The number of thiazole rings is 1. The molecule has 0 unspecified atom stereocenters. The van der Waals surface area contributed by atoms with E-state index in [0.717, 1.165) is 27.4 Å². The summed E-state index contributed by atoms with van der Waals surface area (Å²) in [5.41, 5.74) is 3.17. The third-order valence-corrected chi connectivity index (χ3v) is 6.32. The molecule has 5 aromatic rings. The molecule has 0 bridgehead atoms. The number of nitrogens with one attached hydrogen (secondary N) is 1. The first-order chi connectivity index (χ1) is 16.0. The van der Waals surface area contributed by atoms with E-state index in [9.17, 15) is 13.6 Å². The summed E-state index contributed by atoms with van der Waals surface area (Å²) < 4.78 is 28.3. The number of hydrogen-bond acceptors (Lipinski definition) is 4. The summed E-state index contributed by atoms with van der Waals surface area (Å²) in [6, 6.07) is 20.1. The lowest BCUT2D eigenvalue weighted by Gasteiger charge is -2.10. The molecule has 0 radical (unpaired) electrons. The first kappa shape index (κ1) is 21.4. The van der Waals surface area contributed by atoms with E-state index in [0.29, 0.717) is 33.0 Å². The zero-order chi connectivity index (χ0) is 22.9. The molecule has 0 atom stereocenters. The van der Waals surface area contributed by atoms with Crippen molar-refractivity contribution in [1.82, 2.24) is 9.97 Å². The summed E-state index contributed by atoms with van der Waals surface area (Å²) in [5.74, 6) is -1.73. The lowest BCUT2D eigenvalue weighted by molar-refractivity contribution is 0.102. The Bertz CT molecular complexity index is 1500. The Morgan fingerprint density at radius 3 is 2.48 bits per heavy atom. The van der Waals surface area contributed by atoms with Gasteiger partial charge in [-0.2, -0.15) is 0 Å². The van der Waals surface area contributed by atoms with Crippen LogP contribution in [0.1, 0.15) is 10.4 Å². The quantitative estimate of drug-likeness (QED) is 0.269. The Balaban J connectivity index is 1.50. The minimum Gasteiger partial charge on any atom is -0.298 e. The summed E-state index contributed by atoms with van der Waals surface area (Å²) in [7, 11) is 0. The van der Waals surface area contributed by atoms with Crippen LogP contribution < -0.4 is 5.32 Å². The average molecular weight is 522 g/mol. The molecule has 1 N–H and O–H groups in total. The van der Waals surface area contributed by atoms with E-state index >= 15 is 0 Å². The smallest absolute Gasteiger partial charge is 0.258 e. The van der Waals surface area contributed by atoms with E-state index < -0.39 is 11.6 Å².